The van der Waals surface area contributed by atoms with Crippen LogP contribution in [0, 0.1) is 19.7 Å². The molecule has 0 atom stereocenters. The van der Waals surface area contributed by atoms with Gasteiger partial charge in [0.15, 0.2) is 0 Å². The molecule has 0 aliphatic heterocycles. The van der Waals surface area contributed by atoms with Gasteiger partial charge in [0.25, 0.3) is 0 Å². The second-order valence-corrected chi connectivity index (χ2v) is 7.60. The average Bonchev–Trinajstić information content (AvgIpc) is 2.96. The minimum atomic E-state index is -0.126. The van der Waals surface area contributed by atoms with E-state index in [0.717, 1.165) is 56.6 Å². The molecule has 0 radical (unpaired) electrons. The molecule has 25 heavy (non-hydrogen) atoms. The molecule has 2 aromatic carbocycles. The van der Waals surface area contributed by atoms with Crippen molar-refractivity contribution in [2.24, 2.45) is 0 Å². The number of hydrogen-bond acceptors (Lipinski definition) is 2. The van der Waals surface area contributed by atoms with Gasteiger partial charge in [0, 0.05) is 5.56 Å². The Kier molecular flexibility index (Phi) is 5.05. The summed E-state index contributed by atoms with van der Waals surface area (Å²) in [5.41, 5.74) is 5.16. The van der Waals surface area contributed by atoms with E-state index in [-0.39, 0.29) is 5.82 Å². The monoisotopic (exact) mass is 353 g/mol. The number of aryl methyl sites for hydroxylation is 3. The van der Waals surface area contributed by atoms with Crippen molar-refractivity contribution in [3.8, 4) is 10.6 Å². The lowest BCUT2D eigenvalue weighted by molar-refractivity contribution is 0.614. The van der Waals surface area contributed by atoms with Gasteiger partial charge in [-0.25, -0.2) is 9.37 Å². The van der Waals surface area contributed by atoms with E-state index in [1.54, 1.807) is 17.4 Å². The fourth-order valence-corrected chi connectivity index (χ4v) is 4.32. The van der Waals surface area contributed by atoms with Crippen LogP contribution < -0.4 is 0 Å². The summed E-state index contributed by atoms with van der Waals surface area (Å²) >= 11 is 1.69. The van der Waals surface area contributed by atoms with Crippen LogP contribution in [-0.2, 0) is 6.42 Å². The molecule has 3 rings (SSSR count). The minimum absolute atomic E-state index is 0.126. The number of benzene rings is 2. The van der Waals surface area contributed by atoms with E-state index in [9.17, 15) is 4.39 Å². The van der Waals surface area contributed by atoms with Crippen LogP contribution in [0.25, 0.3) is 26.9 Å². The van der Waals surface area contributed by atoms with Gasteiger partial charge >= 0.3 is 0 Å². The Bertz CT molecular complexity index is 952. The van der Waals surface area contributed by atoms with Crippen molar-refractivity contribution in [1.29, 1.82) is 0 Å². The predicted molar refractivity (Wildman–Crippen MR) is 108 cm³/mol. The van der Waals surface area contributed by atoms with Gasteiger partial charge in [-0.3, -0.25) is 0 Å². The lowest BCUT2D eigenvalue weighted by atomic mass is 9.98. The van der Waals surface area contributed by atoms with Crippen LogP contribution in [-0.4, -0.2) is 4.98 Å². The molecule has 3 heteroatoms. The highest BCUT2D eigenvalue weighted by Gasteiger charge is 2.14. The van der Waals surface area contributed by atoms with E-state index in [4.69, 9.17) is 4.98 Å². The third kappa shape index (κ3) is 3.38. The molecule has 1 nitrogen and oxygen atoms in total. The number of fused-ring (bicyclic) bond motifs is 1. The number of aromatic nitrogens is 1. The van der Waals surface area contributed by atoms with E-state index in [1.165, 1.54) is 4.88 Å². The quantitative estimate of drug-likeness (QED) is 0.477. The van der Waals surface area contributed by atoms with Gasteiger partial charge < -0.3 is 0 Å². The lowest BCUT2D eigenvalue weighted by Gasteiger charge is -2.08. The van der Waals surface area contributed by atoms with Crippen LogP contribution in [0.4, 0.5) is 4.39 Å². The van der Waals surface area contributed by atoms with E-state index < -0.39 is 0 Å². The van der Waals surface area contributed by atoms with Crippen molar-refractivity contribution in [2.75, 3.05) is 0 Å². The maximum Gasteiger partial charge on any atom is 0.127 e. The maximum atomic E-state index is 14.2. The molecule has 0 amide bonds. The van der Waals surface area contributed by atoms with Crippen LogP contribution in [0.2, 0.25) is 0 Å². The molecule has 1 heterocycles. The molecule has 0 aliphatic rings. The smallest absolute Gasteiger partial charge is 0.127 e. The molecule has 1 aromatic heterocycles. The third-order valence-electron chi connectivity index (χ3n) is 4.62. The molecule has 0 saturated carbocycles. The normalized spacial score (nSPS) is 11.2. The van der Waals surface area contributed by atoms with Crippen LogP contribution in [0.5, 0.6) is 0 Å². The highest BCUT2D eigenvalue weighted by atomic mass is 32.1. The molecule has 0 aliphatic carbocycles. The molecule has 0 saturated heterocycles. The Hall–Kier alpha value is -2.00. The van der Waals surface area contributed by atoms with Gasteiger partial charge in [0.05, 0.1) is 10.6 Å². The highest BCUT2D eigenvalue weighted by Crippen LogP contribution is 2.36. The molecule has 0 unspecified atom stereocenters. The Morgan fingerprint density at radius 2 is 1.92 bits per heavy atom. The van der Waals surface area contributed by atoms with E-state index in [1.807, 2.05) is 19.9 Å². The van der Waals surface area contributed by atoms with Gasteiger partial charge in [0.2, 0.25) is 0 Å². The summed E-state index contributed by atoms with van der Waals surface area (Å²) in [7, 11) is 0. The minimum Gasteiger partial charge on any atom is -0.241 e. The molecule has 0 fully saturated rings. The molecule has 0 spiro atoms. The second-order valence-electron chi connectivity index (χ2n) is 6.60. The van der Waals surface area contributed by atoms with Crippen molar-refractivity contribution in [3.63, 3.8) is 0 Å². The number of thiazole rings is 1. The number of rotatable bonds is 5. The van der Waals surface area contributed by atoms with Gasteiger partial charge in [-0.05, 0) is 78.4 Å². The summed E-state index contributed by atoms with van der Waals surface area (Å²) < 4.78 is 14.2. The summed E-state index contributed by atoms with van der Waals surface area (Å²) in [4.78, 5) is 5.93. The topological polar surface area (TPSA) is 12.9 Å². The van der Waals surface area contributed by atoms with Crippen LogP contribution in [0.3, 0.4) is 0 Å². The third-order valence-corrected chi connectivity index (χ3v) is 5.93. The van der Waals surface area contributed by atoms with Crippen molar-refractivity contribution >= 4 is 27.7 Å². The number of allylic oxidation sites excluding steroid dienone is 1. The molecular weight excluding hydrogens is 329 g/mol. The van der Waals surface area contributed by atoms with Crippen LogP contribution in [0.15, 0.2) is 30.8 Å². The summed E-state index contributed by atoms with van der Waals surface area (Å²) in [6, 6.07) is 7.84. The van der Waals surface area contributed by atoms with E-state index in [0.29, 0.717) is 6.42 Å². The zero-order valence-corrected chi connectivity index (χ0v) is 16.2. The predicted octanol–water partition coefficient (Wildman–Crippen LogP) is 7.09. The Morgan fingerprint density at radius 3 is 2.60 bits per heavy atom. The standard InChI is InChI=1S/C22H24FNS/c1-6-8-13(3)21-15(5)24-22(25-21)18-9-14(4)19-11-16(7-2)20(23)12-17(19)10-18/h9-12H,3,6-8H2,1-2,4-5H3. The van der Waals surface area contributed by atoms with E-state index in [2.05, 4.69) is 32.6 Å². The number of halogens is 1. The van der Waals surface area contributed by atoms with Crippen LogP contribution in [0.1, 0.15) is 48.4 Å². The zero-order valence-electron chi connectivity index (χ0n) is 15.4. The zero-order chi connectivity index (χ0) is 18.1. The van der Waals surface area contributed by atoms with Crippen molar-refractivity contribution in [3.05, 3.63) is 58.4 Å². The van der Waals surface area contributed by atoms with Gasteiger partial charge in [0.1, 0.15) is 10.8 Å². The molecular formula is C22H24FNS. The average molecular weight is 354 g/mol. The Balaban J connectivity index is 2.11. The highest BCUT2D eigenvalue weighted by molar-refractivity contribution is 7.16. The number of hydrogen-bond donors (Lipinski definition) is 0. The van der Waals surface area contributed by atoms with Gasteiger partial charge in [-0.1, -0.05) is 26.8 Å². The first-order valence-corrected chi connectivity index (χ1v) is 9.65. The SMILES string of the molecule is C=C(CCC)c1sc(-c2cc(C)c3cc(CC)c(F)cc3c2)nc1C. The fraction of sp³-hybridized carbons (Fsp3) is 0.318. The molecule has 0 N–H and O–H groups in total. The second kappa shape index (κ2) is 7.09. The van der Waals surface area contributed by atoms with Crippen molar-refractivity contribution < 1.29 is 4.39 Å². The summed E-state index contributed by atoms with van der Waals surface area (Å²) in [6.45, 7) is 12.5. The first-order valence-electron chi connectivity index (χ1n) is 8.83. The summed E-state index contributed by atoms with van der Waals surface area (Å²) in [5, 5.41) is 3.03. The molecule has 0 bridgehead atoms. The van der Waals surface area contributed by atoms with Gasteiger partial charge in [-0.2, -0.15) is 0 Å². The fourth-order valence-electron chi connectivity index (χ4n) is 3.27. The largest absolute Gasteiger partial charge is 0.241 e. The first kappa shape index (κ1) is 17.8. The Labute approximate surface area is 153 Å². The molecule has 3 aromatic rings. The summed E-state index contributed by atoms with van der Waals surface area (Å²) in [5.74, 6) is -0.126. The van der Waals surface area contributed by atoms with Crippen LogP contribution >= 0.6 is 11.3 Å². The van der Waals surface area contributed by atoms with Crippen molar-refractivity contribution in [1.82, 2.24) is 4.98 Å². The lowest BCUT2D eigenvalue weighted by Crippen LogP contribution is -1.91. The summed E-state index contributed by atoms with van der Waals surface area (Å²) in [6.07, 6.45) is 2.78. The Morgan fingerprint density at radius 1 is 1.16 bits per heavy atom. The maximum absolute atomic E-state index is 14.2. The molecule has 130 valence electrons. The van der Waals surface area contributed by atoms with Crippen molar-refractivity contribution in [2.45, 2.75) is 47.0 Å². The van der Waals surface area contributed by atoms with E-state index >= 15 is 0 Å². The first-order chi connectivity index (χ1) is 11.9. The number of nitrogens with zero attached hydrogens (tertiary/aromatic N) is 1. The van der Waals surface area contributed by atoms with Gasteiger partial charge in [-0.15, -0.1) is 11.3 Å².